The van der Waals surface area contributed by atoms with Crippen molar-refractivity contribution in [2.75, 3.05) is 0 Å². The van der Waals surface area contributed by atoms with E-state index in [2.05, 4.69) is 20.9 Å². The van der Waals surface area contributed by atoms with Crippen LogP contribution in [0.25, 0.3) is 11.0 Å². The van der Waals surface area contributed by atoms with E-state index in [0.29, 0.717) is 11.9 Å². The third-order valence-electron chi connectivity index (χ3n) is 3.50. The second-order valence-corrected chi connectivity index (χ2v) is 5.81. The van der Waals surface area contributed by atoms with Gasteiger partial charge in [0.25, 0.3) is 0 Å². The number of aromatic nitrogens is 2. The molecule has 0 aliphatic heterocycles. The highest BCUT2D eigenvalue weighted by Gasteiger charge is 2.11. The van der Waals surface area contributed by atoms with Gasteiger partial charge in [0, 0.05) is 17.9 Å². The van der Waals surface area contributed by atoms with Gasteiger partial charge in [-0.15, -0.1) is 0 Å². The van der Waals surface area contributed by atoms with Crippen LogP contribution in [-0.4, -0.2) is 20.6 Å². The van der Waals surface area contributed by atoms with Crippen molar-refractivity contribution in [3.8, 4) is 0 Å². The highest BCUT2D eigenvalue weighted by atomic mass is 79.9. The van der Waals surface area contributed by atoms with Gasteiger partial charge < -0.3 is 9.67 Å². The molecular weight excluding hydrogens is 332 g/mol. The summed E-state index contributed by atoms with van der Waals surface area (Å²) in [6, 6.07) is 13.1. The van der Waals surface area contributed by atoms with Crippen LogP contribution in [0.4, 0.5) is 0 Å². The third kappa shape index (κ3) is 2.69. The van der Waals surface area contributed by atoms with Crippen molar-refractivity contribution >= 4 is 32.9 Å². The molecule has 0 amide bonds. The first-order valence-electron chi connectivity index (χ1n) is 6.47. The SMILES string of the molecule is Cn1c(Cc2ccc(Br)cc2)nc2cc(C(=O)O)ccc21. The lowest BCUT2D eigenvalue weighted by atomic mass is 10.1. The lowest BCUT2D eigenvalue weighted by Crippen LogP contribution is -1.99. The zero-order valence-corrected chi connectivity index (χ0v) is 13.0. The molecule has 0 radical (unpaired) electrons. The Morgan fingerprint density at radius 1 is 1.24 bits per heavy atom. The Kier molecular flexibility index (Phi) is 3.51. The van der Waals surface area contributed by atoms with Crippen LogP contribution < -0.4 is 0 Å². The molecule has 4 nitrogen and oxygen atoms in total. The van der Waals surface area contributed by atoms with Crippen LogP contribution in [0.15, 0.2) is 46.9 Å². The number of fused-ring (bicyclic) bond motifs is 1. The molecule has 1 heterocycles. The van der Waals surface area contributed by atoms with Crippen molar-refractivity contribution in [2.45, 2.75) is 6.42 Å². The van der Waals surface area contributed by atoms with Crippen molar-refractivity contribution < 1.29 is 9.90 Å². The Morgan fingerprint density at radius 3 is 2.62 bits per heavy atom. The topological polar surface area (TPSA) is 55.1 Å². The van der Waals surface area contributed by atoms with Crippen LogP contribution >= 0.6 is 15.9 Å². The molecule has 0 fully saturated rings. The largest absolute Gasteiger partial charge is 0.478 e. The molecule has 2 aromatic carbocycles. The molecule has 21 heavy (non-hydrogen) atoms. The zero-order valence-electron chi connectivity index (χ0n) is 11.4. The molecule has 0 saturated heterocycles. The lowest BCUT2D eigenvalue weighted by Gasteiger charge is -2.03. The van der Waals surface area contributed by atoms with E-state index < -0.39 is 5.97 Å². The predicted molar refractivity (Wildman–Crippen MR) is 84.6 cm³/mol. The highest BCUT2D eigenvalue weighted by Crippen LogP contribution is 2.20. The second kappa shape index (κ2) is 5.33. The number of carboxylic acids is 1. The van der Waals surface area contributed by atoms with Gasteiger partial charge in [0.05, 0.1) is 16.6 Å². The predicted octanol–water partition coefficient (Wildman–Crippen LogP) is 3.62. The Hall–Kier alpha value is -2.14. The van der Waals surface area contributed by atoms with Gasteiger partial charge in [-0.1, -0.05) is 28.1 Å². The summed E-state index contributed by atoms with van der Waals surface area (Å²) in [4.78, 5) is 15.6. The molecule has 0 unspecified atom stereocenters. The number of carbonyl (C=O) groups is 1. The highest BCUT2D eigenvalue weighted by molar-refractivity contribution is 9.10. The number of rotatable bonds is 3. The second-order valence-electron chi connectivity index (χ2n) is 4.90. The van der Waals surface area contributed by atoms with Gasteiger partial charge >= 0.3 is 5.97 Å². The number of carboxylic acid groups (broad SMARTS) is 1. The molecule has 3 aromatic rings. The number of hydrogen-bond acceptors (Lipinski definition) is 2. The number of aryl methyl sites for hydroxylation is 1. The molecule has 0 atom stereocenters. The Labute approximate surface area is 130 Å². The van der Waals surface area contributed by atoms with Crippen molar-refractivity contribution in [3.63, 3.8) is 0 Å². The number of imidazole rings is 1. The molecule has 0 aliphatic carbocycles. The average molecular weight is 345 g/mol. The van der Waals surface area contributed by atoms with Gasteiger partial charge in [0.15, 0.2) is 0 Å². The van der Waals surface area contributed by atoms with Crippen LogP contribution in [0.1, 0.15) is 21.7 Å². The first kappa shape index (κ1) is 13.8. The van der Waals surface area contributed by atoms with Gasteiger partial charge in [-0.25, -0.2) is 9.78 Å². The minimum absolute atomic E-state index is 0.260. The van der Waals surface area contributed by atoms with E-state index in [4.69, 9.17) is 5.11 Å². The molecule has 3 rings (SSSR count). The molecule has 5 heteroatoms. The number of hydrogen-bond donors (Lipinski definition) is 1. The van der Waals surface area contributed by atoms with Crippen LogP contribution in [0, 0.1) is 0 Å². The maximum absolute atomic E-state index is 11.0. The summed E-state index contributed by atoms with van der Waals surface area (Å²) in [6.45, 7) is 0. The normalized spacial score (nSPS) is 11.0. The Bertz CT molecular complexity index is 822. The van der Waals surface area contributed by atoms with Crippen LogP contribution in [-0.2, 0) is 13.5 Å². The van der Waals surface area contributed by atoms with E-state index >= 15 is 0 Å². The van der Waals surface area contributed by atoms with E-state index in [9.17, 15) is 4.79 Å². The van der Waals surface area contributed by atoms with Gasteiger partial charge in [0.2, 0.25) is 0 Å². The van der Waals surface area contributed by atoms with Gasteiger partial charge in [-0.3, -0.25) is 0 Å². The first-order valence-corrected chi connectivity index (χ1v) is 7.27. The molecule has 0 spiro atoms. The van der Waals surface area contributed by atoms with Crippen molar-refractivity contribution in [1.29, 1.82) is 0 Å². The van der Waals surface area contributed by atoms with E-state index in [1.807, 2.05) is 35.9 Å². The Morgan fingerprint density at radius 2 is 1.95 bits per heavy atom. The number of aromatic carboxylic acids is 1. The molecule has 106 valence electrons. The van der Waals surface area contributed by atoms with Gasteiger partial charge in [-0.05, 0) is 35.9 Å². The van der Waals surface area contributed by atoms with Crippen LogP contribution in [0.2, 0.25) is 0 Å². The maximum atomic E-state index is 11.0. The molecule has 0 saturated carbocycles. The number of nitrogens with zero attached hydrogens (tertiary/aromatic N) is 2. The zero-order chi connectivity index (χ0) is 15.0. The van der Waals surface area contributed by atoms with E-state index in [1.165, 1.54) is 0 Å². The molecule has 0 aliphatic rings. The van der Waals surface area contributed by atoms with Crippen LogP contribution in [0.5, 0.6) is 0 Å². The smallest absolute Gasteiger partial charge is 0.335 e. The summed E-state index contributed by atoms with van der Waals surface area (Å²) in [7, 11) is 1.95. The maximum Gasteiger partial charge on any atom is 0.335 e. The molecule has 1 aromatic heterocycles. The summed E-state index contributed by atoms with van der Waals surface area (Å²) in [5, 5.41) is 9.04. The summed E-state index contributed by atoms with van der Waals surface area (Å²) in [5.41, 5.74) is 3.07. The Balaban J connectivity index is 2.00. The summed E-state index contributed by atoms with van der Waals surface area (Å²) in [6.07, 6.45) is 0.709. The minimum atomic E-state index is -0.933. The average Bonchev–Trinajstić information content (AvgIpc) is 2.77. The summed E-state index contributed by atoms with van der Waals surface area (Å²) in [5.74, 6) is -0.0214. The standard InChI is InChI=1S/C16H13BrN2O2/c1-19-14-7-4-11(16(20)21)9-13(14)18-15(19)8-10-2-5-12(17)6-3-10/h2-7,9H,8H2,1H3,(H,20,21). The number of benzene rings is 2. The van der Waals surface area contributed by atoms with Gasteiger partial charge in [-0.2, -0.15) is 0 Å². The third-order valence-corrected chi connectivity index (χ3v) is 4.02. The first-order chi connectivity index (χ1) is 10.0. The van der Waals surface area contributed by atoms with Crippen LogP contribution in [0.3, 0.4) is 0 Å². The molecular formula is C16H13BrN2O2. The fourth-order valence-corrected chi connectivity index (χ4v) is 2.59. The van der Waals surface area contributed by atoms with Gasteiger partial charge in [0.1, 0.15) is 5.82 Å². The quantitative estimate of drug-likeness (QED) is 0.789. The monoisotopic (exact) mass is 344 g/mol. The fraction of sp³-hybridized carbons (Fsp3) is 0.125. The minimum Gasteiger partial charge on any atom is -0.478 e. The molecule has 1 N–H and O–H groups in total. The van der Waals surface area contributed by atoms with Crippen molar-refractivity contribution in [2.24, 2.45) is 7.05 Å². The summed E-state index contributed by atoms with van der Waals surface area (Å²) >= 11 is 3.42. The summed E-state index contributed by atoms with van der Waals surface area (Å²) < 4.78 is 3.05. The van der Waals surface area contributed by atoms with Crippen molar-refractivity contribution in [3.05, 3.63) is 63.9 Å². The van der Waals surface area contributed by atoms with E-state index in [-0.39, 0.29) is 5.56 Å². The molecule has 0 bridgehead atoms. The van der Waals surface area contributed by atoms with E-state index in [0.717, 1.165) is 21.4 Å². The fourth-order valence-electron chi connectivity index (χ4n) is 2.33. The van der Waals surface area contributed by atoms with E-state index in [1.54, 1.807) is 18.2 Å². The number of halogens is 1. The lowest BCUT2D eigenvalue weighted by molar-refractivity contribution is 0.0697. The van der Waals surface area contributed by atoms with Crippen molar-refractivity contribution in [1.82, 2.24) is 9.55 Å².